The van der Waals surface area contributed by atoms with Gasteiger partial charge in [0, 0.05) is 19.6 Å². The van der Waals surface area contributed by atoms with Crippen LogP contribution in [0, 0.1) is 0 Å². The highest BCUT2D eigenvalue weighted by Gasteiger charge is 2.06. The van der Waals surface area contributed by atoms with E-state index in [0.29, 0.717) is 6.42 Å². The molecule has 0 aliphatic carbocycles. The van der Waals surface area contributed by atoms with Crippen molar-refractivity contribution in [2.75, 3.05) is 13.2 Å². The first-order valence-corrected chi connectivity index (χ1v) is 4.97. The first kappa shape index (κ1) is 12.4. The summed E-state index contributed by atoms with van der Waals surface area (Å²) >= 11 is 0. The lowest BCUT2D eigenvalue weighted by Gasteiger charge is -2.11. The van der Waals surface area contributed by atoms with Crippen LogP contribution in [0.2, 0.25) is 0 Å². The van der Waals surface area contributed by atoms with Crippen molar-refractivity contribution < 1.29 is 14.3 Å². The van der Waals surface area contributed by atoms with Gasteiger partial charge in [-0.2, -0.15) is 0 Å². The van der Waals surface area contributed by atoms with E-state index in [1.165, 1.54) is 0 Å². The van der Waals surface area contributed by atoms with E-state index in [1.54, 1.807) is 6.92 Å². The Balaban J connectivity index is 3.29. The minimum Gasteiger partial charge on any atom is -0.463 e. The molecule has 0 aliphatic rings. The van der Waals surface area contributed by atoms with Crippen LogP contribution in [0.15, 0.2) is 0 Å². The largest absolute Gasteiger partial charge is 0.463 e. The molecule has 0 aromatic heterocycles. The summed E-state index contributed by atoms with van der Waals surface area (Å²) < 4.78 is 10.3. The molecular formula is C10H20O3. The molecule has 78 valence electrons. The lowest BCUT2D eigenvalue weighted by molar-refractivity contribution is -0.148. The summed E-state index contributed by atoms with van der Waals surface area (Å²) in [7, 11) is 0. The van der Waals surface area contributed by atoms with E-state index in [1.807, 2.05) is 13.8 Å². The van der Waals surface area contributed by atoms with Crippen molar-refractivity contribution >= 4 is 5.97 Å². The average molecular weight is 188 g/mol. The molecule has 0 radical (unpaired) electrons. The number of esters is 1. The van der Waals surface area contributed by atoms with Crippen molar-refractivity contribution in [2.24, 2.45) is 0 Å². The minimum atomic E-state index is -0.121. The van der Waals surface area contributed by atoms with Crippen molar-refractivity contribution in [3.8, 4) is 0 Å². The first-order valence-electron chi connectivity index (χ1n) is 4.97. The van der Waals surface area contributed by atoms with Crippen molar-refractivity contribution in [2.45, 2.75) is 46.1 Å². The molecule has 0 unspecified atom stereocenters. The summed E-state index contributed by atoms with van der Waals surface area (Å²) in [5.74, 6) is -0.121. The monoisotopic (exact) mass is 188 g/mol. The number of hydrogen-bond donors (Lipinski definition) is 0. The SMILES string of the molecule is CCOCCC[C@@H](C)OC(=O)CC. The molecule has 0 bridgehead atoms. The van der Waals surface area contributed by atoms with E-state index in [2.05, 4.69) is 0 Å². The van der Waals surface area contributed by atoms with Crippen molar-refractivity contribution in [3.05, 3.63) is 0 Å². The minimum absolute atomic E-state index is 0.0212. The molecule has 0 rings (SSSR count). The van der Waals surface area contributed by atoms with Gasteiger partial charge in [0.2, 0.25) is 0 Å². The molecule has 3 heteroatoms. The van der Waals surface area contributed by atoms with Gasteiger partial charge >= 0.3 is 5.97 Å². The third kappa shape index (κ3) is 7.78. The Labute approximate surface area is 80.4 Å². The van der Waals surface area contributed by atoms with Crippen LogP contribution < -0.4 is 0 Å². The second kappa shape index (κ2) is 8.05. The van der Waals surface area contributed by atoms with E-state index in [0.717, 1.165) is 26.1 Å². The molecule has 3 nitrogen and oxygen atoms in total. The van der Waals surface area contributed by atoms with Gasteiger partial charge < -0.3 is 9.47 Å². The molecule has 0 aromatic carbocycles. The van der Waals surface area contributed by atoms with E-state index < -0.39 is 0 Å². The third-order valence-electron chi connectivity index (χ3n) is 1.72. The summed E-state index contributed by atoms with van der Waals surface area (Å²) in [6.07, 6.45) is 2.31. The van der Waals surface area contributed by atoms with Crippen LogP contribution in [-0.2, 0) is 14.3 Å². The highest BCUT2D eigenvalue weighted by Crippen LogP contribution is 2.03. The molecule has 0 aliphatic heterocycles. The molecule has 0 saturated carbocycles. The van der Waals surface area contributed by atoms with Gasteiger partial charge in [-0.25, -0.2) is 0 Å². The van der Waals surface area contributed by atoms with Crippen molar-refractivity contribution in [1.82, 2.24) is 0 Å². The lowest BCUT2D eigenvalue weighted by atomic mass is 10.2. The summed E-state index contributed by atoms with van der Waals surface area (Å²) in [6, 6.07) is 0. The summed E-state index contributed by atoms with van der Waals surface area (Å²) in [6.45, 7) is 7.20. The summed E-state index contributed by atoms with van der Waals surface area (Å²) in [4.78, 5) is 10.9. The highest BCUT2D eigenvalue weighted by molar-refractivity contribution is 5.69. The topological polar surface area (TPSA) is 35.5 Å². The van der Waals surface area contributed by atoms with Gasteiger partial charge in [0.05, 0.1) is 6.10 Å². The number of carbonyl (C=O) groups is 1. The molecule has 0 aromatic rings. The zero-order valence-electron chi connectivity index (χ0n) is 8.84. The van der Waals surface area contributed by atoms with Crippen LogP contribution in [0.25, 0.3) is 0 Å². The summed E-state index contributed by atoms with van der Waals surface area (Å²) in [5, 5.41) is 0. The third-order valence-corrected chi connectivity index (χ3v) is 1.72. The Kier molecular flexibility index (Phi) is 7.69. The zero-order valence-corrected chi connectivity index (χ0v) is 8.84. The molecule has 0 amide bonds. The lowest BCUT2D eigenvalue weighted by Crippen LogP contribution is -2.14. The number of carbonyl (C=O) groups excluding carboxylic acids is 1. The Morgan fingerprint density at radius 1 is 1.38 bits per heavy atom. The molecular weight excluding hydrogens is 168 g/mol. The zero-order chi connectivity index (χ0) is 10.1. The smallest absolute Gasteiger partial charge is 0.305 e. The van der Waals surface area contributed by atoms with E-state index in [4.69, 9.17) is 9.47 Å². The molecule has 1 atom stereocenters. The second-order valence-corrected chi connectivity index (χ2v) is 2.99. The average Bonchev–Trinajstić information content (AvgIpc) is 2.12. The maximum Gasteiger partial charge on any atom is 0.305 e. The fraction of sp³-hybridized carbons (Fsp3) is 0.900. The van der Waals surface area contributed by atoms with Crippen molar-refractivity contribution in [3.63, 3.8) is 0 Å². The normalized spacial score (nSPS) is 12.5. The van der Waals surface area contributed by atoms with Gasteiger partial charge in [-0.15, -0.1) is 0 Å². The van der Waals surface area contributed by atoms with Gasteiger partial charge in [-0.1, -0.05) is 6.92 Å². The van der Waals surface area contributed by atoms with Crippen LogP contribution in [0.5, 0.6) is 0 Å². The van der Waals surface area contributed by atoms with E-state index in [-0.39, 0.29) is 12.1 Å². The Morgan fingerprint density at radius 2 is 2.08 bits per heavy atom. The van der Waals surface area contributed by atoms with Crippen LogP contribution in [0.1, 0.15) is 40.0 Å². The number of hydrogen-bond acceptors (Lipinski definition) is 3. The van der Waals surface area contributed by atoms with Gasteiger partial charge in [-0.3, -0.25) is 4.79 Å². The Hall–Kier alpha value is -0.570. The maximum atomic E-state index is 10.9. The number of ether oxygens (including phenoxy) is 2. The van der Waals surface area contributed by atoms with Gasteiger partial charge in [0.15, 0.2) is 0 Å². The fourth-order valence-corrected chi connectivity index (χ4v) is 0.984. The molecule has 0 N–H and O–H groups in total. The molecule has 0 heterocycles. The molecule has 0 fully saturated rings. The predicted octanol–water partition coefficient (Wildman–Crippen LogP) is 2.14. The van der Waals surface area contributed by atoms with Crippen LogP contribution in [0.3, 0.4) is 0 Å². The Morgan fingerprint density at radius 3 is 2.62 bits per heavy atom. The van der Waals surface area contributed by atoms with Crippen LogP contribution in [0.4, 0.5) is 0 Å². The van der Waals surface area contributed by atoms with E-state index in [9.17, 15) is 4.79 Å². The molecule has 0 spiro atoms. The predicted molar refractivity (Wildman–Crippen MR) is 51.6 cm³/mol. The van der Waals surface area contributed by atoms with Crippen molar-refractivity contribution in [1.29, 1.82) is 0 Å². The van der Waals surface area contributed by atoms with E-state index >= 15 is 0 Å². The maximum absolute atomic E-state index is 10.9. The van der Waals surface area contributed by atoms with Gasteiger partial charge in [0.1, 0.15) is 0 Å². The quantitative estimate of drug-likeness (QED) is 0.453. The van der Waals surface area contributed by atoms with Gasteiger partial charge in [0.25, 0.3) is 0 Å². The number of rotatable bonds is 7. The fourth-order valence-electron chi connectivity index (χ4n) is 0.984. The standard InChI is InChI=1S/C10H20O3/c1-4-10(11)13-9(3)7-6-8-12-5-2/h9H,4-8H2,1-3H3/t9-/m1/s1. The second-order valence-electron chi connectivity index (χ2n) is 2.99. The molecule has 0 saturated heterocycles. The summed E-state index contributed by atoms with van der Waals surface area (Å²) in [5.41, 5.74) is 0. The van der Waals surface area contributed by atoms with Crippen LogP contribution in [-0.4, -0.2) is 25.3 Å². The Bertz CT molecular complexity index is 134. The van der Waals surface area contributed by atoms with Gasteiger partial charge in [-0.05, 0) is 26.7 Å². The first-order chi connectivity index (χ1) is 6.20. The van der Waals surface area contributed by atoms with Crippen LogP contribution >= 0.6 is 0 Å². The molecule has 13 heavy (non-hydrogen) atoms. The highest BCUT2D eigenvalue weighted by atomic mass is 16.5.